The molecule has 0 radical (unpaired) electrons. The molecule has 1 aliphatic rings. The van der Waals surface area contributed by atoms with E-state index in [4.69, 9.17) is 25.8 Å². The number of nitro benzene ring substituents is 1. The summed E-state index contributed by atoms with van der Waals surface area (Å²) in [7, 11) is 1.39. The van der Waals surface area contributed by atoms with Crippen molar-refractivity contribution in [3.8, 4) is 17.2 Å². The molecule has 3 rings (SSSR count). The zero-order valence-electron chi connectivity index (χ0n) is 17.7. The predicted octanol–water partition coefficient (Wildman–Crippen LogP) is 4.65. The first-order valence-electron chi connectivity index (χ1n) is 10.1. The van der Waals surface area contributed by atoms with Gasteiger partial charge in [0.25, 0.3) is 5.91 Å². The van der Waals surface area contributed by atoms with E-state index in [-0.39, 0.29) is 40.1 Å². The minimum Gasteiger partial charge on any atom is -0.493 e. The van der Waals surface area contributed by atoms with Gasteiger partial charge in [-0.05, 0) is 50.1 Å². The minimum atomic E-state index is -1.04. The molecule has 0 atom stereocenters. The molecule has 2 aromatic carbocycles. The van der Waals surface area contributed by atoms with E-state index in [2.05, 4.69) is 5.32 Å². The van der Waals surface area contributed by atoms with E-state index in [0.29, 0.717) is 12.8 Å². The second kappa shape index (κ2) is 9.86. The van der Waals surface area contributed by atoms with Gasteiger partial charge in [-0.15, -0.1) is 0 Å². The molecule has 0 bridgehead atoms. The molecule has 2 aromatic rings. The van der Waals surface area contributed by atoms with Crippen molar-refractivity contribution in [2.75, 3.05) is 13.7 Å². The van der Waals surface area contributed by atoms with Crippen molar-refractivity contribution >= 4 is 29.2 Å². The van der Waals surface area contributed by atoms with Crippen LogP contribution in [0.15, 0.2) is 36.4 Å². The summed E-state index contributed by atoms with van der Waals surface area (Å²) in [5, 5.41) is 14.3. The summed E-state index contributed by atoms with van der Waals surface area (Å²) in [6.45, 7) is 1.95. The van der Waals surface area contributed by atoms with Crippen LogP contribution in [0.25, 0.3) is 0 Å². The van der Waals surface area contributed by atoms with Gasteiger partial charge in [0, 0.05) is 16.7 Å². The van der Waals surface area contributed by atoms with Gasteiger partial charge in [-0.3, -0.25) is 14.9 Å². The molecule has 10 heteroatoms. The molecule has 32 heavy (non-hydrogen) atoms. The van der Waals surface area contributed by atoms with Crippen LogP contribution in [0, 0.1) is 10.1 Å². The number of halogens is 1. The van der Waals surface area contributed by atoms with E-state index >= 15 is 0 Å². The summed E-state index contributed by atoms with van der Waals surface area (Å²) >= 11 is 5.84. The quantitative estimate of drug-likeness (QED) is 0.344. The first kappa shape index (κ1) is 23.3. The third-order valence-corrected chi connectivity index (χ3v) is 5.47. The summed E-state index contributed by atoms with van der Waals surface area (Å²) in [5.74, 6) is -0.550. The fourth-order valence-corrected chi connectivity index (χ4v) is 3.81. The van der Waals surface area contributed by atoms with Crippen LogP contribution in [0.5, 0.6) is 17.2 Å². The molecular weight excluding hydrogens is 440 g/mol. The van der Waals surface area contributed by atoms with Crippen LogP contribution in [0.1, 0.15) is 43.0 Å². The number of hydrogen-bond donors (Lipinski definition) is 1. The van der Waals surface area contributed by atoms with Crippen LogP contribution in [0.4, 0.5) is 5.69 Å². The highest BCUT2D eigenvalue weighted by Gasteiger charge is 2.44. The number of benzene rings is 2. The molecule has 0 aliphatic heterocycles. The summed E-state index contributed by atoms with van der Waals surface area (Å²) in [4.78, 5) is 36.1. The van der Waals surface area contributed by atoms with Gasteiger partial charge >= 0.3 is 11.7 Å². The molecule has 170 valence electrons. The largest absolute Gasteiger partial charge is 0.493 e. The number of nitrogens with zero attached hydrogens (tertiary/aromatic N) is 1. The van der Waals surface area contributed by atoms with Gasteiger partial charge in [0.15, 0.2) is 11.5 Å². The molecule has 0 aromatic heterocycles. The zero-order chi connectivity index (χ0) is 23.3. The zero-order valence-corrected chi connectivity index (χ0v) is 18.4. The highest BCUT2D eigenvalue weighted by atomic mass is 35.5. The predicted molar refractivity (Wildman–Crippen MR) is 116 cm³/mol. The monoisotopic (exact) mass is 462 g/mol. The van der Waals surface area contributed by atoms with Crippen LogP contribution < -0.4 is 14.8 Å². The number of carbonyl (C=O) groups excluding carboxylic acids is 2. The fraction of sp³-hybridized carbons (Fsp3) is 0.364. The molecule has 1 N–H and O–H groups in total. The number of ether oxygens (including phenoxy) is 3. The summed E-state index contributed by atoms with van der Waals surface area (Å²) in [6.07, 6.45) is 2.65. The standard InChI is InChI=1S/C22H23ClN2O7/c1-3-31-21(27)22(10-4-5-11-22)24-20(26)14-6-8-18(19(12-14)30-2)32-17-9-7-15(23)13-16(17)25(28)29/h6-9,12-13H,3-5,10-11H2,1-2H3,(H,24,26). The van der Waals surface area contributed by atoms with Crippen molar-refractivity contribution in [3.63, 3.8) is 0 Å². The third kappa shape index (κ3) is 4.94. The van der Waals surface area contributed by atoms with Gasteiger partial charge in [0.2, 0.25) is 5.75 Å². The smallest absolute Gasteiger partial charge is 0.331 e. The van der Waals surface area contributed by atoms with E-state index in [0.717, 1.165) is 12.8 Å². The van der Waals surface area contributed by atoms with Crippen LogP contribution in [0.2, 0.25) is 5.02 Å². The van der Waals surface area contributed by atoms with Crippen molar-refractivity contribution in [1.82, 2.24) is 5.32 Å². The van der Waals surface area contributed by atoms with Crippen molar-refractivity contribution in [1.29, 1.82) is 0 Å². The molecule has 9 nitrogen and oxygen atoms in total. The molecule has 1 aliphatic carbocycles. The molecule has 0 saturated heterocycles. The first-order chi connectivity index (χ1) is 15.3. The molecule has 1 fully saturated rings. The molecular formula is C22H23ClN2O7. The lowest BCUT2D eigenvalue weighted by atomic mass is 9.97. The normalized spacial score (nSPS) is 14.5. The Morgan fingerprint density at radius 2 is 1.81 bits per heavy atom. The molecule has 1 amide bonds. The van der Waals surface area contributed by atoms with Gasteiger partial charge in [-0.1, -0.05) is 24.4 Å². The highest BCUT2D eigenvalue weighted by Crippen LogP contribution is 2.38. The summed E-state index contributed by atoms with van der Waals surface area (Å²) < 4.78 is 16.2. The highest BCUT2D eigenvalue weighted by molar-refractivity contribution is 6.30. The number of esters is 1. The van der Waals surface area contributed by atoms with Crippen LogP contribution in [-0.4, -0.2) is 36.1 Å². The van der Waals surface area contributed by atoms with Crippen LogP contribution in [-0.2, 0) is 9.53 Å². The van der Waals surface area contributed by atoms with Crippen molar-refractivity contribution in [2.24, 2.45) is 0 Å². The van der Waals surface area contributed by atoms with Gasteiger partial charge in [-0.2, -0.15) is 0 Å². The van der Waals surface area contributed by atoms with Gasteiger partial charge < -0.3 is 19.5 Å². The van der Waals surface area contributed by atoms with E-state index in [9.17, 15) is 19.7 Å². The third-order valence-electron chi connectivity index (χ3n) is 5.24. The average Bonchev–Trinajstić information content (AvgIpc) is 3.25. The molecule has 0 unspecified atom stereocenters. The Balaban J connectivity index is 1.85. The maximum atomic E-state index is 12.9. The molecule has 0 spiro atoms. The minimum absolute atomic E-state index is 0.0258. The Kier molecular flexibility index (Phi) is 7.19. The molecule has 1 saturated carbocycles. The van der Waals surface area contributed by atoms with Crippen LogP contribution in [0.3, 0.4) is 0 Å². The lowest BCUT2D eigenvalue weighted by Crippen LogP contribution is -2.53. The summed E-state index contributed by atoms with van der Waals surface area (Å²) in [6, 6.07) is 8.43. The maximum Gasteiger partial charge on any atom is 0.331 e. The number of nitro groups is 1. The van der Waals surface area contributed by atoms with E-state index < -0.39 is 22.3 Å². The topological polar surface area (TPSA) is 117 Å². The number of hydrogen-bond acceptors (Lipinski definition) is 7. The number of carbonyl (C=O) groups is 2. The lowest BCUT2D eigenvalue weighted by molar-refractivity contribution is -0.385. The van der Waals surface area contributed by atoms with Gasteiger partial charge in [0.05, 0.1) is 18.6 Å². The Labute approximate surface area is 189 Å². The number of amides is 1. The Hall–Kier alpha value is -3.33. The number of methoxy groups -OCH3 is 1. The lowest BCUT2D eigenvalue weighted by Gasteiger charge is -2.27. The molecule has 0 heterocycles. The van der Waals surface area contributed by atoms with Crippen molar-refractivity contribution in [3.05, 3.63) is 57.1 Å². The Bertz CT molecular complexity index is 1030. The van der Waals surface area contributed by atoms with E-state index in [1.807, 2.05) is 0 Å². The average molecular weight is 463 g/mol. The summed E-state index contributed by atoms with van der Waals surface area (Å²) in [5.41, 5.74) is -1.10. The van der Waals surface area contributed by atoms with Crippen molar-refractivity contribution in [2.45, 2.75) is 38.1 Å². The maximum absolute atomic E-state index is 12.9. The van der Waals surface area contributed by atoms with Crippen LogP contribution >= 0.6 is 11.6 Å². The second-order valence-corrected chi connectivity index (χ2v) is 7.74. The van der Waals surface area contributed by atoms with Gasteiger partial charge in [-0.25, -0.2) is 4.79 Å². The first-order valence-corrected chi connectivity index (χ1v) is 10.5. The fourth-order valence-electron chi connectivity index (χ4n) is 3.65. The van der Waals surface area contributed by atoms with Crippen molar-refractivity contribution < 1.29 is 28.7 Å². The second-order valence-electron chi connectivity index (χ2n) is 7.30. The SMILES string of the molecule is CCOC(=O)C1(NC(=O)c2ccc(Oc3ccc(Cl)cc3[N+](=O)[O-])c(OC)c2)CCCC1. The Morgan fingerprint density at radius 1 is 1.12 bits per heavy atom. The number of rotatable bonds is 8. The van der Waals surface area contributed by atoms with E-state index in [1.165, 1.54) is 43.5 Å². The van der Waals surface area contributed by atoms with Gasteiger partial charge in [0.1, 0.15) is 5.54 Å². The number of nitrogens with one attached hydrogen (secondary N) is 1. The van der Waals surface area contributed by atoms with E-state index in [1.54, 1.807) is 6.92 Å². The Morgan fingerprint density at radius 3 is 2.44 bits per heavy atom.